The minimum Gasteiger partial charge on any atom is -0.326 e. The molecule has 1 heterocycles. The largest absolute Gasteiger partial charge is 0.326 e. The Balaban J connectivity index is 2.52. The molecule has 0 amide bonds. The molecular formula is C14H18Cl2FN3. The molecule has 2 rings (SSSR count). The molecule has 20 heavy (non-hydrogen) atoms. The molecule has 0 aliphatic heterocycles. The van der Waals surface area contributed by atoms with E-state index in [0.717, 1.165) is 17.9 Å². The van der Waals surface area contributed by atoms with Crippen LogP contribution in [0.2, 0.25) is 5.02 Å². The van der Waals surface area contributed by atoms with Gasteiger partial charge in [-0.25, -0.2) is 9.37 Å². The van der Waals surface area contributed by atoms with Gasteiger partial charge in [0, 0.05) is 31.0 Å². The van der Waals surface area contributed by atoms with Crippen LogP contribution in [0.3, 0.4) is 0 Å². The number of likely N-dealkylation sites (N-methyl/N-ethyl adjacent to an activating group) is 1. The van der Waals surface area contributed by atoms with E-state index in [1.807, 2.05) is 18.7 Å². The minimum absolute atomic E-state index is 0.0974. The Bertz CT molecular complexity index is 610. The van der Waals surface area contributed by atoms with Crippen molar-refractivity contribution in [2.45, 2.75) is 25.9 Å². The van der Waals surface area contributed by atoms with Gasteiger partial charge in [0.2, 0.25) is 0 Å². The molecule has 1 atom stereocenters. The molecule has 0 aliphatic rings. The average Bonchev–Trinajstić information content (AvgIpc) is 2.68. The molecule has 1 aromatic heterocycles. The molecule has 2 aromatic rings. The van der Waals surface area contributed by atoms with Crippen LogP contribution in [0.4, 0.5) is 4.39 Å². The summed E-state index contributed by atoms with van der Waals surface area (Å²) in [5, 5.41) is 0.0974. The maximum absolute atomic E-state index is 13.7. The number of nitrogens with zero attached hydrogens (tertiary/aromatic N) is 3. The van der Waals surface area contributed by atoms with E-state index in [1.54, 1.807) is 6.07 Å². The van der Waals surface area contributed by atoms with Crippen LogP contribution in [0.15, 0.2) is 12.1 Å². The molecule has 0 bridgehead atoms. The second-order valence-electron chi connectivity index (χ2n) is 5.15. The van der Waals surface area contributed by atoms with Gasteiger partial charge < -0.3 is 9.47 Å². The summed E-state index contributed by atoms with van der Waals surface area (Å²) in [7, 11) is 4.03. The maximum atomic E-state index is 13.7. The van der Waals surface area contributed by atoms with E-state index in [9.17, 15) is 4.39 Å². The van der Waals surface area contributed by atoms with Crippen LogP contribution in [0.1, 0.15) is 12.7 Å². The van der Waals surface area contributed by atoms with Gasteiger partial charge >= 0.3 is 0 Å². The summed E-state index contributed by atoms with van der Waals surface area (Å²) in [5.74, 6) is 0.927. The Labute approximate surface area is 128 Å². The van der Waals surface area contributed by atoms with Gasteiger partial charge in [0.15, 0.2) is 0 Å². The third kappa shape index (κ3) is 3.08. The van der Waals surface area contributed by atoms with Crippen molar-refractivity contribution in [1.29, 1.82) is 0 Å². The highest BCUT2D eigenvalue weighted by Gasteiger charge is 2.16. The average molecular weight is 318 g/mol. The molecule has 0 radical (unpaired) electrons. The van der Waals surface area contributed by atoms with E-state index in [1.165, 1.54) is 6.07 Å². The summed E-state index contributed by atoms with van der Waals surface area (Å²) >= 11 is 11.7. The predicted molar refractivity (Wildman–Crippen MR) is 82.3 cm³/mol. The molecule has 1 unspecified atom stereocenters. The molecule has 0 saturated carbocycles. The standard InChI is InChI=1S/C14H18Cl2FN3/c1-9(19(2)3)8-20-13-7-11(17)10(16)6-12(13)18-14(20)4-5-15/h6-7,9H,4-5,8H2,1-3H3. The zero-order valence-electron chi connectivity index (χ0n) is 11.8. The van der Waals surface area contributed by atoms with Crippen molar-refractivity contribution in [2.75, 3.05) is 20.0 Å². The number of aryl methyl sites for hydroxylation is 1. The van der Waals surface area contributed by atoms with Crippen LogP contribution >= 0.6 is 23.2 Å². The highest BCUT2D eigenvalue weighted by Crippen LogP contribution is 2.24. The molecule has 0 N–H and O–H groups in total. The van der Waals surface area contributed by atoms with E-state index in [2.05, 4.69) is 16.8 Å². The van der Waals surface area contributed by atoms with E-state index in [4.69, 9.17) is 23.2 Å². The first-order valence-electron chi connectivity index (χ1n) is 6.50. The first-order valence-corrected chi connectivity index (χ1v) is 7.41. The molecule has 0 fully saturated rings. The first-order chi connectivity index (χ1) is 9.43. The van der Waals surface area contributed by atoms with Gasteiger partial charge in [-0.1, -0.05) is 11.6 Å². The first kappa shape index (κ1) is 15.5. The Hall–Kier alpha value is -0.840. The number of rotatable bonds is 5. The maximum Gasteiger partial charge on any atom is 0.144 e. The molecule has 0 aliphatic carbocycles. The number of imidazole rings is 1. The monoisotopic (exact) mass is 317 g/mol. The van der Waals surface area contributed by atoms with Crippen LogP contribution in [-0.4, -0.2) is 40.5 Å². The lowest BCUT2D eigenvalue weighted by Crippen LogP contribution is -2.29. The molecule has 110 valence electrons. The van der Waals surface area contributed by atoms with Crippen molar-refractivity contribution in [1.82, 2.24) is 14.5 Å². The lowest BCUT2D eigenvalue weighted by atomic mass is 10.2. The van der Waals surface area contributed by atoms with E-state index < -0.39 is 5.82 Å². The molecule has 3 nitrogen and oxygen atoms in total. The van der Waals surface area contributed by atoms with Crippen molar-refractivity contribution in [3.05, 3.63) is 28.8 Å². The zero-order chi connectivity index (χ0) is 14.9. The minimum atomic E-state index is -0.421. The highest BCUT2D eigenvalue weighted by molar-refractivity contribution is 6.31. The fourth-order valence-electron chi connectivity index (χ4n) is 2.08. The number of alkyl halides is 1. The van der Waals surface area contributed by atoms with Crippen LogP contribution < -0.4 is 0 Å². The van der Waals surface area contributed by atoms with Crippen LogP contribution in [-0.2, 0) is 13.0 Å². The van der Waals surface area contributed by atoms with Crippen molar-refractivity contribution in [3.63, 3.8) is 0 Å². The van der Waals surface area contributed by atoms with Gasteiger partial charge in [-0.15, -0.1) is 11.6 Å². The van der Waals surface area contributed by atoms with Crippen LogP contribution in [0.5, 0.6) is 0 Å². The lowest BCUT2D eigenvalue weighted by molar-refractivity contribution is 0.284. The van der Waals surface area contributed by atoms with Crippen molar-refractivity contribution < 1.29 is 4.39 Å². The van der Waals surface area contributed by atoms with E-state index in [-0.39, 0.29) is 5.02 Å². The van der Waals surface area contributed by atoms with Gasteiger partial charge in [0.05, 0.1) is 16.1 Å². The number of hydrogen-bond acceptors (Lipinski definition) is 2. The highest BCUT2D eigenvalue weighted by atomic mass is 35.5. The smallest absolute Gasteiger partial charge is 0.144 e. The van der Waals surface area contributed by atoms with Crippen molar-refractivity contribution in [3.8, 4) is 0 Å². The normalized spacial score (nSPS) is 13.3. The fourth-order valence-corrected chi connectivity index (χ4v) is 2.40. The van der Waals surface area contributed by atoms with Gasteiger partial charge in [-0.2, -0.15) is 0 Å². The van der Waals surface area contributed by atoms with E-state index >= 15 is 0 Å². The number of benzene rings is 1. The summed E-state index contributed by atoms with van der Waals surface area (Å²) in [5.41, 5.74) is 1.48. The third-order valence-corrected chi connectivity index (χ3v) is 3.99. The van der Waals surface area contributed by atoms with Gasteiger partial charge in [0.1, 0.15) is 11.6 Å². The molecular weight excluding hydrogens is 300 g/mol. The SMILES string of the molecule is CC(Cn1c(CCCl)nc2cc(Cl)c(F)cc21)N(C)C. The number of hydrogen-bond donors (Lipinski definition) is 0. The summed E-state index contributed by atoms with van der Waals surface area (Å²) < 4.78 is 15.7. The molecule has 6 heteroatoms. The van der Waals surface area contributed by atoms with Crippen molar-refractivity contribution in [2.24, 2.45) is 0 Å². The van der Waals surface area contributed by atoms with Gasteiger partial charge in [-0.3, -0.25) is 0 Å². The van der Waals surface area contributed by atoms with Crippen LogP contribution in [0, 0.1) is 5.82 Å². The Morgan fingerprint density at radius 2 is 2.10 bits per heavy atom. The molecule has 1 aromatic carbocycles. The zero-order valence-corrected chi connectivity index (χ0v) is 13.3. The Kier molecular flexibility index (Phi) is 4.89. The van der Waals surface area contributed by atoms with Gasteiger partial charge in [-0.05, 0) is 27.1 Å². The number of halogens is 3. The van der Waals surface area contributed by atoms with E-state index in [0.29, 0.717) is 23.9 Å². The molecule has 0 saturated heterocycles. The Morgan fingerprint density at radius 1 is 1.40 bits per heavy atom. The lowest BCUT2D eigenvalue weighted by Gasteiger charge is -2.21. The second kappa shape index (κ2) is 6.29. The third-order valence-electron chi connectivity index (χ3n) is 3.52. The number of fused-ring (bicyclic) bond motifs is 1. The van der Waals surface area contributed by atoms with Gasteiger partial charge in [0.25, 0.3) is 0 Å². The summed E-state index contributed by atoms with van der Waals surface area (Å²) in [6, 6.07) is 3.33. The molecule has 0 spiro atoms. The second-order valence-corrected chi connectivity index (χ2v) is 5.93. The van der Waals surface area contributed by atoms with Crippen LogP contribution in [0.25, 0.3) is 11.0 Å². The topological polar surface area (TPSA) is 21.1 Å². The summed E-state index contributed by atoms with van der Waals surface area (Å²) in [6.45, 7) is 2.85. The number of aromatic nitrogens is 2. The quantitative estimate of drug-likeness (QED) is 0.786. The Morgan fingerprint density at radius 3 is 2.70 bits per heavy atom. The summed E-state index contributed by atoms with van der Waals surface area (Å²) in [6.07, 6.45) is 0.648. The summed E-state index contributed by atoms with van der Waals surface area (Å²) in [4.78, 5) is 6.64. The fraction of sp³-hybridized carbons (Fsp3) is 0.500. The predicted octanol–water partition coefficient (Wildman–Crippen LogP) is 3.56. The van der Waals surface area contributed by atoms with Crippen molar-refractivity contribution >= 4 is 34.2 Å².